The van der Waals surface area contributed by atoms with Crippen LogP contribution < -0.4 is 4.90 Å². The molecule has 168 valence electrons. The van der Waals surface area contributed by atoms with E-state index in [0.717, 1.165) is 38.1 Å². The van der Waals surface area contributed by atoms with E-state index in [-0.39, 0.29) is 30.2 Å². The first-order valence-corrected chi connectivity index (χ1v) is 10.8. The summed E-state index contributed by atoms with van der Waals surface area (Å²) in [5, 5.41) is 0. The van der Waals surface area contributed by atoms with E-state index in [2.05, 4.69) is 4.90 Å². The summed E-state index contributed by atoms with van der Waals surface area (Å²) < 4.78 is 28.3. The molecule has 0 fully saturated rings. The predicted octanol–water partition coefficient (Wildman–Crippen LogP) is 4.20. The van der Waals surface area contributed by atoms with E-state index in [4.69, 9.17) is 0 Å². The van der Waals surface area contributed by atoms with Crippen molar-refractivity contribution >= 4 is 17.5 Å². The van der Waals surface area contributed by atoms with Gasteiger partial charge in [0.2, 0.25) is 11.8 Å². The molecule has 0 saturated heterocycles. The molecule has 0 aliphatic carbocycles. The first-order chi connectivity index (χ1) is 14.0. The van der Waals surface area contributed by atoms with Crippen molar-refractivity contribution < 1.29 is 18.4 Å². The Morgan fingerprint density at radius 3 is 2.17 bits per heavy atom. The van der Waals surface area contributed by atoms with Gasteiger partial charge in [0.05, 0.1) is 5.69 Å². The van der Waals surface area contributed by atoms with Crippen molar-refractivity contribution in [1.29, 1.82) is 0 Å². The second-order valence-corrected chi connectivity index (χ2v) is 9.36. The summed E-state index contributed by atoms with van der Waals surface area (Å²) in [6.07, 6.45) is 2.15. The molecule has 5 nitrogen and oxygen atoms in total. The lowest BCUT2D eigenvalue weighted by atomic mass is 9.91. The molecule has 0 aromatic heterocycles. The lowest BCUT2D eigenvalue weighted by molar-refractivity contribution is -0.133. The van der Waals surface area contributed by atoms with Crippen molar-refractivity contribution in [2.75, 3.05) is 38.1 Å². The summed E-state index contributed by atoms with van der Waals surface area (Å²) in [6, 6.07) is 2.23. The van der Waals surface area contributed by atoms with Crippen LogP contribution in [0.15, 0.2) is 12.1 Å². The fourth-order valence-electron chi connectivity index (χ4n) is 3.73. The molecule has 0 N–H and O–H groups in total. The lowest BCUT2D eigenvalue weighted by Crippen LogP contribution is -2.39. The topological polar surface area (TPSA) is 43.9 Å². The molecule has 2 amide bonds. The molecular formula is C23H35F2N3O2. The summed E-state index contributed by atoms with van der Waals surface area (Å²) in [7, 11) is 2.02. The maximum atomic E-state index is 14.1. The molecule has 7 heteroatoms. The van der Waals surface area contributed by atoms with Gasteiger partial charge in [0.15, 0.2) is 11.6 Å². The third-order valence-corrected chi connectivity index (χ3v) is 5.30. The average Bonchev–Trinajstić information content (AvgIpc) is 2.64. The van der Waals surface area contributed by atoms with Crippen molar-refractivity contribution in [3.63, 3.8) is 0 Å². The van der Waals surface area contributed by atoms with Gasteiger partial charge in [-0.05, 0) is 50.0 Å². The highest BCUT2D eigenvalue weighted by atomic mass is 19.2. The van der Waals surface area contributed by atoms with E-state index in [1.165, 1.54) is 0 Å². The second-order valence-electron chi connectivity index (χ2n) is 9.36. The Balaban J connectivity index is 2.49. The third-order valence-electron chi connectivity index (χ3n) is 5.30. The summed E-state index contributed by atoms with van der Waals surface area (Å²) in [5.41, 5.74) is 0.642. The summed E-state index contributed by atoms with van der Waals surface area (Å²) in [6.45, 7) is 10.5. The quantitative estimate of drug-likeness (QED) is 0.716. The highest BCUT2D eigenvalue weighted by Crippen LogP contribution is 2.28. The van der Waals surface area contributed by atoms with Crippen molar-refractivity contribution in [2.45, 2.75) is 59.9 Å². The van der Waals surface area contributed by atoms with E-state index in [1.54, 1.807) is 16.7 Å². The molecule has 1 aromatic rings. The van der Waals surface area contributed by atoms with E-state index in [0.29, 0.717) is 30.8 Å². The fourth-order valence-corrected chi connectivity index (χ4v) is 3.73. The van der Waals surface area contributed by atoms with Gasteiger partial charge in [0.25, 0.3) is 0 Å². The van der Waals surface area contributed by atoms with Crippen LogP contribution in [0.4, 0.5) is 14.5 Å². The number of hydrogen-bond acceptors (Lipinski definition) is 3. The van der Waals surface area contributed by atoms with Gasteiger partial charge >= 0.3 is 0 Å². The Bertz CT molecular complexity index is 762. The van der Waals surface area contributed by atoms with Crippen LogP contribution in [0.25, 0.3) is 0 Å². The van der Waals surface area contributed by atoms with E-state index in [1.807, 2.05) is 27.8 Å². The van der Waals surface area contributed by atoms with E-state index >= 15 is 0 Å². The molecule has 0 spiro atoms. The van der Waals surface area contributed by atoms with Crippen molar-refractivity contribution in [3.8, 4) is 0 Å². The van der Waals surface area contributed by atoms with Gasteiger partial charge < -0.3 is 14.7 Å². The molecule has 0 unspecified atom stereocenters. The van der Waals surface area contributed by atoms with Gasteiger partial charge in [-0.2, -0.15) is 0 Å². The number of fused-ring (bicyclic) bond motifs is 1. The fraction of sp³-hybridized carbons (Fsp3) is 0.652. The van der Waals surface area contributed by atoms with Gasteiger partial charge in [0, 0.05) is 38.5 Å². The number of carbonyl (C=O) groups is 2. The van der Waals surface area contributed by atoms with Crippen molar-refractivity contribution in [3.05, 3.63) is 29.3 Å². The smallest absolute Gasteiger partial charge is 0.226 e. The molecule has 1 heterocycles. The van der Waals surface area contributed by atoms with Crippen molar-refractivity contribution in [2.24, 2.45) is 5.41 Å². The summed E-state index contributed by atoms with van der Waals surface area (Å²) in [4.78, 5) is 31.1. The molecule has 2 rings (SSSR count). The van der Waals surface area contributed by atoms with E-state index < -0.39 is 11.6 Å². The molecule has 0 bridgehead atoms. The van der Waals surface area contributed by atoms with Crippen LogP contribution in [0.3, 0.4) is 0 Å². The van der Waals surface area contributed by atoms with Gasteiger partial charge in [0.1, 0.15) is 0 Å². The molecule has 1 aromatic carbocycles. The largest absolute Gasteiger partial charge is 0.338 e. The van der Waals surface area contributed by atoms with Crippen LogP contribution in [-0.2, 0) is 16.1 Å². The Morgan fingerprint density at radius 2 is 1.57 bits per heavy atom. The number of nitrogens with zero attached hydrogens (tertiary/aromatic N) is 3. The number of amides is 2. The maximum absolute atomic E-state index is 14.1. The normalized spacial score (nSPS) is 17.2. The average molecular weight is 424 g/mol. The highest BCUT2D eigenvalue weighted by Gasteiger charge is 2.26. The van der Waals surface area contributed by atoms with Crippen LogP contribution in [-0.4, -0.2) is 54.8 Å². The number of rotatable bonds is 2. The number of anilines is 1. The Hall–Kier alpha value is -2.02. The first kappa shape index (κ1) is 24.3. The van der Waals surface area contributed by atoms with Gasteiger partial charge in [-0.3, -0.25) is 9.59 Å². The van der Waals surface area contributed by atoms with Crippen LogP contribution in [0, 0.1) is 17.0 Å². The highest BCUT2D eigenvalue weighted by molar-refractivity contribution is 5.94. The summed E-state index contributed by atoms with van der Waals surface area (Å²) in [5.74, 6) is -2.12. The minimum atomic E-state index is -0.987. The van der Waals surface area contributed by atoms with Crippen LogP contribution in [0.5, 0.6) is 0 Å². The number of benzene rings is 1. The van der Waals surface area contributed by atoms with Gasteiger partial charge in [-0.1, -0.05) is 27.7 Å². The molecule has 0 radical (unpaired) electrons. The van der Waals surface area contributed by atoms with Crippen molar-refractivity contribution in [1.82, 2.24) is 9.80 Å². The molecule has 1 aliphatic heterocycles. The second kappa shape index (κ2) is 10.3. The maximum Gasteiger partial charge on any atom is 0.226 e. The Morgan fingerprint density at radius 1 is 0.967 bits per heavy atom. The SMILES string of the molecule is CCC(=O)N1CCCN(C)CCCN(C(=O)CC(C)(C)C)Cc2cc(F)c(F)cc21. The predicted molar refractivity (Wildman–Crippen MR) is 115 cm³/mol. The Kier molecular flexibility index (Phi) is 8.35. The number of hydrogen-bond donors (Lipinski definition) is 0. The molecule has 0 saturated carbocycles. The van der Waals surface area contributed by atoms with E-state index in [9.17, 15) is 18.4 Å². The minimum absolute atomic E-state index is 0.0220. The zero-order chi connectivity index (χ0) is 22.5. The Labute approximate surface area is 179 Å². The third kappa shape index (κ3) is 6.76. The summed E-state index contributed by atoms with van der Waals surface area (Å²) >= 11 is 0. The zero-order valence-corrected chi connectivity index (χ0v) is 18.9. The lowest BCUT2D eigenvalue weighted by Gasteiger charge is -2.32. The van der Waals surface area contributed by atoms with Crippen LogP contribution in [0.1, 0.15) is 58.9 Å². The number of halogens is 2. The van der Waals surface area contributed by atoms with Crippen LogP contribution >= 0.6 is 0 Å². The number of carbonyl (C=O) groups excluding carboxylic acids is 2. The minimum Gasteiger partial charge on any atom is -0.338 e. The molecule has 30 heavy (non-hydrogen) atoms. The monoisotopic (exact) mass is 423 g/mol. The first-order valence-electron chi connectivity index (χ1n) is 10.8. The zero-order valence-electron chi connectivity index (χ0n) is 18.9. The van der Waals surface area contributed by atoms with Crippen LogP contribution in [0.2, 0.25) is 0 Å². The molecular weight excluding hydrogens is 388 g/mol. The molecule has 1 aliphatic rings. The van der Waals surface area contributed by atoms with Gasteiger partial charge in [-0.15, -0.1) is 0 Å². The standard InChI is InChI=1S/C23H35F2N3O2/c1-6-21(29)28-12-8-10-26(5)9-7-11-27(22(30)15-23(2,3)4)16-17-13-18(24)19(25)14-20(17)28/h13-14H,6-12,15-16H2,1-5H3. The molecule has 0 atom stereocenters. The van der Waals surface area contributed by atoms with Gasteiger partial charge in [-0.25, -0.2) is 8.78 Å².